The highest BCUT2D eigenvalue weighted by Crippen LogP contribution is 2.65. The van der Waals surface area contributed by atoms with E-state index < -0.39 is 52.7 Å². The molecule has 0 radical (unpaired) electrons. The smallest absolute Gasteiger partial charge is 0.313 e. The Morgan fingerprint density at radius 3 is 2.78 bits per heavy atom. The number of carbonyl (C=O) groups is 3. The molecular formula is C20H20O7. The van der Waals surface area contributed by atoms with Gasteiger partial charge in [0.25, 0.3) is 0 Å². The van der Waals surface area contributed by atoms with Crippen molar-refractivity contribution < 1.29 is 33.4 Å². The first-order valence-electron chi connectivity index (χ1n) is 9.17. The molecule has 3 fully saturated rings. The van der Waals surface area contributed by atoms with Crippen molar-refractivity contribution in [3.8, 4) is 0 Å². The average Bonchev–Trinajstić information content (AvgIpc) is 3.26. The zero-order chi connectivity index (χ0) is 19.0. The highest BCUT2D eigenvalue weighted by atomic mass is 16.6. The number of furan rings is 1. The number of cyclic esters (lactones) is 2. The van der Waals surface area contributed by atoms with Crippen LogP contribution in [-0.4, -0.2) is 35.5 Å². The lowest BCUT2D eigenvalue weighted by atomic mass is 9.43. The minimum atomic E-state index is -1.02. The van der Waals surface area contributed by atoms with E-state index in [9.17, 15) is 19.5 Å². The van der Waals surface area contributed by atoms with Crippen molar-refractivity contribution in [3.63, 3.8) is 0 Å². The van der Waals surface area contributed by atoms with Gasteiger partial charge in [0.1, 0.15) is 12.7 Å². The minimum absolute atomic E-state index is 0.00779. The molecule has 0 bridgehead atoms. The van der Waals surface area contributed by atoms with Gasteiger partial charge in [-0.05, 0) is 30.4 Å². The third kappa shape index (κ3) is 1.98. The van der Waals surface area contributed by atoms with E-state index in [1.807, 2.05) is 6.92 Å². The maximum Gasteiger partial charge on any atom is 0.313 e. The molecule has 1 spiro atoms. The van der Waals surface area contributed by atoms with Crippen molar-refractivity contribution in [2.75, 3.05) is 6.61 Å². The Morgan fingerprint density at radius 2 is 2.04 bits per heavy atom. The van der Waals surface area contributed by atoms with Crippen LogP contribution in [-0.2, 0) is 23.9 Å². The van der Waals surface area contributed by atoms with Crippen LogP contribution in [0, 0.1) is 28.6 Å². The van der Waals surface area contributed by atoms with Gasteiger partial charge in [-0.25, -0.2) is 0 Å². The van der Waals surface area contributed by atoms with Crippen molar-refractivity contribution in [1.29, 1.82) is 0 Å². The number of ketones is 1. The van der Waals surface area contributed by atoms with Gasteiger partial charge in [0.2, 0.25) is 0 Å². The topological polar surface area (TPSA) is 103 Å². The van der Waals surface area contributed by atoms with E-state index in [0.29, 0.717) is 6.42 Å². The molecule has 7 nitrogen and oxygen atoms in total. The van der Waals surface area contributed by atoms with Crippen molar-refractivity contribution in [2.24, 2.45) is 28.6 Å². The van der Waals surface area contributed by atoms with Crippen molar-refractivity contribution in [1.82, 2.24) is 0 Å². The Kier molecular flexibility index (Phi) is 3.30. The molecule has 5 rings (SSSR count). The van der Waals surface area contributed by atoms with Crippen LogP contribution < -0.4 is 0 Å². The fourth-order valence-electron chi connectivity index (χ4n) is 5.95. The molecular weight excluding hydrogens is 352 g/mol. The van der Waals surface area contributed by atoms with Gasteiger partial charge in [-0.15, -0.1) is 0 Å². The minimum Gasteiger partial charge on any atom is -0.472 e. The lowest BCUT2D eigenvalue weighted by Gasteiger charge is -2.59. The second-order valence-electron chi connectivity index (χ2n) is 8.39. The molecule has 1 N–H and O–H groups in total. The van der Waals surface area contributed by atoms with Crippen LogP contribution in [0.25, 0.3) is 0 Å². The van der Waals surface area contributed by atoms with Gasteiger partial charge in [0.05, 0.1) is 35.9 Å². The molecule has 7 atom stereocenters. The van der Waals surface area contributed by atoms with Gasteiger partial charge in [-0.2, -0.15) is 0 Å². The summed E-state index contributed by atoms with van der Waals surface area (Å²) in [4.78, 5) is 38.2. The zero-order valence-corrected chi connectivity index (χ0v) is 14.8. The number of aliphatic hydroxyl groups excluding tert-OH is 1. The fraction of sp³-hybridized carbons (Fsp3) is 0.550. The third-order valence-corrected chi connectivity index (χ3v) is 7.19. The number of hydrogen-bond acceptors (Lipinski definition) is 7. The van der Waals surface area contributed by atoms with Gasteiger partial charge in [-0.1, -0.05) is 13.0 Å². The van der Waals surface area contributed by atoms with Gasteiger partial charge < -0.3 is 19.0 Å². The normalized spacial score (nSPS) is 45.6. The van der Waals surface area contributed by atoms with E-state index in [2.05, 4.69) is 0 Å². The number of allylic oxidation sites excluding steroid dienone is 1. The largest absolute Gasteiger partial charge is 0.472 e. The van der Waals surface area contributed by atoms with Crippen molar-refractivity contribution >= 4 is 17.7 Å². The van der Waals surface area contributed by atoms with E-state index in [1.165, 1.54) is 18.6 Å². The molecule has 3 heterocycles. The maximum atomic E-state index is 13.0. The van der Waals surface area contributed by atoms with Gasteiger partial charge >= 0.3 is 11.9 Å². The van der Waals surface area contributed by atoms with Crippen molar-refractivity contribution in [3.05, 3.63) is 36.3 Å². The molecule has 7 unspecified atom stereocenters. The monoisotopic (exact) mass is 372 g/mol. The molecule has 4 aliphatic rings. The number of ether oxygens (including phenoxy) is 2. The standard InChI is InChI=1S/C20H20O7/c1-19-7-14(10-4-5-25-8-10)27-18(24)12(19)6-15(22)20-9-26-17(23)11(20)2-3-13(21)16(19)20/h2-5,8,11-12,14-16,22H,6-7,9H2,1H3. The van der Waals surface area contributed by atoms with Crippen LogP contribution in [0.15, 0.2) is 35.2 Å². The van der Waals surface area contributed by atoms with E-state index in [0.717, 1.165) is 5.56 Å². The molecule has 1 aromatic heterocycles. The quantitative estimate of drug-likeness (QED) is 0.746. The lowest BCUT2D eigenvalue weighted by molar-refractivity contribution is -0.213. The molecule has 7 heteroatoms. The summed E-state index contributed by atoms with van der Waals surface area (Å²) in [6.45, 7) is 1.90. The first-order valence-corrected chi connectivity index (χ1v) is 9.17. The highest BCUT2D eigenvalue weighted by Gasteiger charge is 2.72. The molecule has 2 aliphatic heterocycles. The van der Waals surface area contributed by atoms with Gasteiger partial charge in [0.15, 0.2) is 5.78 Å². The van der Waals surface area contributed by atoms with Gasteiger partial charge in [-0.3, -0.25) is 14.4 Å². The summed E-state index contributed by atoms with van der Waals surface area (Å²) >= 11 is 0. The Balaban J connectivity index is 1.64. The van der Waals surface area contributed by atoms with Crippen LogP contribution in [0.3, 0.4) is 0 Å². The predicted molar refractivity (Wildman–Crippen MR) is 88.9 cm³/mol. The third-order valence-electron chi connectivity index (χ3n) is 7.19. The number of fused-ring (bicyclic) bond motifs is 2. The van der Waals surface area contributed by atoms with Crippen LogP contribution in [0.4, 0.5) is 0 Å². The molecule has 1 aromatic rings. The molecule has 142 valence electrons. The number of hydrogen-bond donors (Lipinski definition) is 1. The summed E-state index contributed by atoms with van der Waals surface area (Å²) < 4.78 is 16.0. The fourth-order valence-corrected chi connectivity index (χ4v) is 5.95. The van der Waals surface area contributed by atoms with E-state index in [-0.39, 0.29) is 18.8 Å². The summed E-state index contributed by atoms with van der Waals surface area (Å²) in [5.74, 6) is -2.99. The molecule has 0 aromatic carbocycles. The average molecular weight is 372 g/mol. The zero-order valence-electron chi connectivity index (χ0n) is 14.8. The second-order valence-corrected chi connectivity index (χ2v) is 8.39. The first-order chi connectivity index (χ1) is 12.9. The summed E-state index contributed by atoms with van der Waals surface area (Å²) in [5.41, 5.74) is -1.05. The SMILES string of the molecule is CC12CC(c3ccoc3)OC(=O)C1CC(O)C13COC(=O)C1C=CC(=O)C23. The number of aliphatic hydroxyl groups is 1. The Bertz CT molecular complexity index is 856. The highest BCUT2D eigenvalue weighted by molar-refractivity contribution is 5.98. The van der Waals surface area contributed by atoms with Crippen LogP contribution >= 0.6 is 0 Å². The molecule has 1 saturated carbocycles. The summed E-state index contributed by atoms with van der Waals surface area (Å²) in [6.07, 6.45) is 5.05. The summed E-state index contributed by atoms with van der Waals surface area (Å²) in [5, 5.41) is 11.0. The Labute approximate surface area is 155 Å². The number of carbonyl (C=O) groups excluding carboxylic acids is 3. The first kappa shape index (κ1) is 16.7. The molecule has 2 aliphatic carbocycles. The number of esters is 2. The molecule has 2 saturated heterocycles. The Hall–Kier alpha value is -2.41. The lowest BCUT2D eigenvalue weighted by Crippen LogP contribution is -2.66. The van der Waals surface area contributed by atoms with E-state index in [4.69, 9.17) is 13.9 Å². The predicted octanol–water partition coefficient (Wildman–Crippen LogP) is 1.57. The summed E-state index contributed by atoms with van der Waals surface area (Å²) in [6, 6.07) is 1.74. The van der Waals surface area contributed by atoms with E-state index >= 15 is 0 Å². The van der Waals surface area contributed by atoms with Gasteiger partial charge in [0, 0.05) is 11.5 Å². The summed E-state index contributed by atoms with van der Waals surface area (Å²) in [7, 11) is 0. The molecule has 0 amide bonds. The number of rotatable bonds is 1. The van der Waals surface area contributed by atoms with Crippen LogP contribution in [0.5, 0.6) is 0 Å². The van der Waals surface area contributed by atoms with E-state index in [1.54, 1.807) is 12.1 Å². The van der Waals surface area contributed by atoms with Crippen LogP contribution in [0.2, 0.25) is 0 Å². The maximum absolute atomic E-state index is 13.0. The second kappa shape index (κ2) is 5.32. The Morgan fingerprint density at radius 1 is 1.22 bits per heavy atom. The van der Waals surface area contributed by atoms with Crippen LogP contribution in [0.1, 0.15) is 31.4 Å². The van der Waals surface area contributed by atoms with Crippen molar-refractivity contribution in [2.45, 2.75) is 32.0 Å². The molecule has 27 heavy (non-hydrogen) atoms.